The number of rotatable bonds is 5. The second-order valence-corrected chi connectivity index (χ2v) is 5.76. The monoisotopic (exact) mass is 311 g/mol. The number of hydrogen-bond acceptors (Lipinski definition) is 2. The van der Waals surface area contributed by atoms with Gasteiger partial charge in [0.2, 0.25) is 0 Å². The zero-order valence-electron chi connectivity index (χ0n) is 12.5. The van der Waals surface area contributed by atoms with Gasteiger partial charge in [-0.1, -0.05) is 54.1 Å². The predicted octanol–water partition coefficient (Wildman–Crippen LogP) is 4.51. The lowest BCUT2D eigenvalue weighted by atomic mass is 10.1. The summed E-state index contributed by atoms with van der Waals surface area (Å²) < 4.78 is 1.94. The maximum Gasteiger partial charge on any atom is 0.0729 e. The van der Waals surface area contributed by atoms with Crippen molar-refractivity contribution in [1.29, 1.82) is 0 Å². The van der Waals surface area contributed by atoms with E-state index in [0.29, 0.717) is 0 Å². The van der Waals surface area contributed by atoms with Gasteiger partial charge in [0.1, 0.15) is 0 Å². The molecular weight excluding hydrogens is 294 g/mol. The normalized spacial score (nSPS) is 10.6. The molecule has 0 saturated carbocycles. The highest BCUT2D eigenvalue weighted by Crippen LogP contribution is 2.17. The second kappa shape index (κ2) is 6.67. The van der Waals surface area contributed by atoms with Crippen LogP contribution in [-0.2, 0) is 13.1 Å². The fourth-order valence-corrected chi connectivity index (χ4v) is 2.45. The highest BCUT2D eigenvalue weighted by Gasteiger charge is 2.01. The average Bonchev–Trinajstić information content (AvgIpc) is 2.97. The molecule has 0 saturated heterocycles. The molecule has 0 aliphatic rings. The van der Waals surface area contributed by atoms with Crippen molar-refractivity contribution >= 4 is 17.3 Å². The minimum Gasteiger partial charge on any atom is -0.378 e. The van der Waals surface area contributed by atoms with Crippen molar-refractivity contribution in [3.05, 3.63) is 82.6 Å². The third-order valence-corrected chi connectivity index (χ3v) is 3.96. The third kappa shape index (κ3) is 3.68. The number of nitrogens with one attached hydrogen (secondary N) is 1. The van der Waals surface area contributed by atoms with E-state index >= 15 is 0 Å². The van der Waals surface area contributed by atoms with Crippen molar-refractivity contribution in [1.82, 2.24) is 9.78 Å². The standard InChI is InChI=1S/C18H18ClN3/c1-14-9-16(7-8-18(14)19)10-20-17-11-21-22(13-17)12-15-5-3-2-4-6-15/h2-9,11,13,20H,10,12H2,1H3. The quantitative estimate of drug-likeness (QED) is 0.751. The lowest BCUT2D eigenvalue weighted by Crippen LogP contribution is -2.00. The molecule has 1 N–H and O–H groups in total. The van der Waals surface area contributed by atoms with E-state index in [9.17, 15) is 0 Å². The molecule has 0 spiro atoms. The third-order valence-electron chi connectivity index (χ3n) is 3.54. The molecule has 0 bridgehead atoms. The summed E-state index contributed by atoms with van der Waals surface area (Å²) in [4.78, 5) is 0. The number of aromatic nitrogens is 2. The topological polar surface area (TPSA) is 29.9 Å². The molecule has 0 aliphatic heterocycles. The Bertz CT molecular complexity index is 750. The van der Waals surface area contributed by atoms with Crippen LogP contribution in [-0.4, -0.2) is 9.78 Å². The number of nitrogens with zero attached hydrogens (tertiary/aromatic N) is 2. The summed E-state index contributed by atoms with van der Waals surface area (Å²) in [5.41, 5.74) is 4.56. The van der Waals surface area contributed by atoms with Crippen LogP contribution in [0.1, 0.15) is 16.7 Å². The van der Waals surface area contributed by atoms with Gasteiger partial charge in [0.25, 0.3) is 0 Å². The molecule has 3 aromatic rings. The summed E-state index contributed by atoms with van der Waals surface area (Å²) in [6.07, 6.45) is 3.88. The van der Waals surface area contributed by atoms with Crippen molar-refractivity contribution in [2.24, 2.45) is 0 Å². The Hall–Kier alpha value is -2.26. The van der Waals surface area contributed by atoms with Crippen LogP contribution in [0.3, 0.4) is 0 Å². The highest BCUT2D eigenvalue weighted by atomic mass is 35.5. The van der Waals surface area contributed by atoms with Crippen LogP contribution >= 0.6 is 11.6 Å². The summed E-state index contributed by atoms with van der Waals surface area (Å²) >= 11 is 6.04. The van der Waals surface area contributed by atoms with Crippen LogP contribution in [0.15, 0.2) is 60.9 Å². The maximum absolute atomic E-state index is 6.04. The van der Waals surface area contributed by atoms with Gasteiger partial charge in [0, 0.05) is 17.8 Å². The molecule has 0 unspecified atom stereocenters. The minimum atomic E-state index is 0.759. The zero-order valence-corrected chi connectivity index (χ0v) is 13.2. The van der Waals surface area contributed by atoms with Gasteiger partial charge in [0.05, 0.1) is 18.4 Å². The molecular formula is C18H18ClN3. The van der Waals surface area contributed by atoms with E-state index in [1.54, 1.807) is 0 Å². The first-order valence-electron chi connectivity index (χ1n) is 7.26. The van der Waals surface area contributed by atoms with Crippen molar-refractivity contribution in [2.45, 2.75) is 20.0 Å². The van der Waals surface area contributed by atoms with Crippen LogP contribution < -0.4 is 5.32 Å². The maximum atomic E-state index is 6.04. The van der Waals surface area contributed by atoms with Gasteiger partial charge in [-0.2, -0.15) is 5.10 Å². The summed E-state index contributed by atoms with van der Waals surface area (Å²) in [6, 6.07) is 16.4. The summed E-state index contributed by atoms with van der Waals surface area (Å²) in [6.45, 7) is 3.56. The molecule has 3 rings (SSSR count). The fraction of sp³-hybridized carbons (Fsp3) is 0.167. The van der Waals surface area contributed by atoms with Crippen LogP contribution in [0.2, 0.25) is 5.02 Å². The lowest BCUT2D eigenvalue weighted by Gasteiger charge is -2.06. The molecule has 1 aromatic heterocycles. The lowest BCUT2D eigenvalue weighted by molar-refractivity contribution is 0.687. The molecule has 112 valence electrons. The first-order chi connectivity index (χ1) is 10.7. The van der Waals surface area contributed by atoms with Crippen molar-refractivity contribution < 1.29 is 0 Å². The van der Waals surface area contributed by atoms with Crippen LogP contribution in [0, 0.1) is 6.92 Å². The number of anilines is 1. The summed E-state index contributed by atoms with van der Waals surface area (Å²) in [5, 5.41) is 8.58. The fourth-order valence-electron chi connectivity index (χ4n) is 2.33. The Labute approximate surface area is 135 Å². The smallest absolute Gasteiger partial charge is 0.0729 e. The second-order valence-electron chi connectivity index (χ2n) is 5.35. The molecule has 4 heteroatoms. The van der Waals surface area contributed by atoms with E-state index in [1.807, 2.05) is 54.3 Å². The zero-order chi connectivity index (χ0) is 15.4. The number of hydrogen-bond donors (Lipinski definition) is 1. The Balaban J connectivity index is 1.61. The van der Waals surface area contributed by atoms with Gasteiger partial charge < -0.3 is 5.32 Å². The van der Waals surface area contributed by atoms with Crippen LogP contribution in [0.5, 0.6) is 0 Å². The van der Waals surface area contributed by atoms with E-state index in [-0.39, 0.29) is 0 Å². The molecule has 2 aromatic carbocycles. The molecule has 1 heterocycles. The number of halogens is 1. The van der Waals surface area contributed by atoms with E-state index in [1.165, 1.54) is 11.1 Å². The van der Waals surface area contributed by atoms with Gasteiger partial charge in [-0.15, -0.1) is 0 Å². The SMILES string of the molecule is Cc1cc(CNc2cnn(Cc3ccccc3)c2)ccc1Cl. The highest BCUT2D eigenvalue weighted by molar-refractivity contribution is 6.31. The molecule has 0 aliphatic carbocycles. The van der Waals surface area contributed by atoms with Crippen LogP contribution in [0.4, 0.5) is 5.69 Å². The number of aryl methyl sites for hydroxylation is 1. The molecule has 0 fully saturated rings. The first kappa shape index (κ1) is 14.7. The Kier molecular flexibility index (Phi) is 4.45. The van der Waals surface area contributed by atoms with E-state index in [4.69, 9.17) is 11.6 Å². The molecule has 22 heavy (non-hydrogen) atoms. The first-order valence-corrected chi connectivity index (χ1v) is 7.64. The number of benzene rings is 2. The molecule has 0 atom stereocenters. The van der Waals surface area contributed by atoms with Crippen molar-refractivity contribution in [3.8, 4) is 0 Å². The van der Waals surface area contributed by atoms with Gasteiger partial charge in [-0.3, -0.25) is 4.68 Å². The van der Waals surface area contributed by atoms with Crippen molar-refractivity contribution in [2.75, 3.05) is 5.32 Å². The minimum absolute atomic E-state index is 0.759. The molecule has 0 amide bonds. The van der Waals surface area contributed by atoms with Gasteiger partial charge in [0.15, 0.2) is 0 Å². The van der Waals surface area contributed by atoms with Crippen LogP contribution in [0.25, 0.3) is 0 Å². The molecule has 3 nitrogen and oxygen atoms in total. The van der Waals surface area contributed by atoms with E-state index in [2.05, 4.69) is 28.6 Å². The molecule has 0 radical (unpaired) electrons. The summed E-state index contributed by atoms with van der Waals surface area (Å²) in [7, 11) is 0. The van der Waals surface area contributed by atoms with Gasteiger partial charge >= 0.3 is 0 Å². The predicted molar refractivity (Wildman–Crippen MR) is 91.3 cm³/mol. The van der Waals surface area contributed by atoms with Gasteiger partial charge in [-0.25, -0.2) is 0 Å². The Morgan fingerprint density at radius 2 is 1.91 bits per heavy atom. The largest absolute Gasteiger partial charge is 0.378 e. The average molecular weight is 312 g/mol. The van der Waals surface area contributed by atoms with E-state index in [0.717, 1.165) is 29.4 Å². The van der Waals surface area contributed by atoms with Gasteiger partial charge in [-0.05, 0) is 29.7 Å². The summed E-state index contributed by atoms with van der Waals surface area (Å²) in [5.74, 6) is 0. The van der Waals surface area contributed by atoms with E-state index < -0.39 is 0 Å². The Morgan fingerprint density at radius 3 is 2.68 bits per heavy atom. The Morgan fingerprint density at radius 1 is 1.09 bits per heavy atom. The van der Waals surface area contributed by atoms with Crippen molar-refractivity contribution in [3.63, 3.8) is 0 Å².